The van der Waals surface area contributed by atoms with Crippen LogP contribution in [0, 0.1) is 0 Å². The molecule has 0 spiro atoms. The first-order valence-electron chi connectivity index (χ1n) is 5.46. The molecule has 1 aromatic rings. The third-order valence-electron chi connectivity index (χ3n) is 2.42. The van der Waals surface area contributed by atoms with Gasteiger partial charge in [0.05, 0.1) is 7.11 Å². The van der Waals surface area contributed by atoms with E-state index in [1.165, 1.54) is 13.2 Å². The fourth-order valence-corrected chi connectivity index (χ4v) is 1.46. The lowest BCUT2D eigenvalue weighted by atomic mass is 10.1. The van der Waals surface area contributed by atoms with Crippen LogP contribution in [0.25, 0.3) is 0 Å². The molecule has 5 nitrogen and oxygen atoms in total. The van der Waals surface area contributed by atoms with E-state index in [2.05, 4.69) is 5.32 Å². The number of amides is 1. The lowest BCUT2D eigenvalue weighted by Crippen LogP contribution is -2.33. The number of nitrogens with two attached hydrogens (primary N) is 1. The third-order valence-corrected chi connectivity index (χ3v) is 2.42. The van der Waals surface area contributed by atoms with E-state index < -0.39 is 0 Å². The number of phenolic OH excluding ortho intramolecular Hbond substituents is 1. The van der Waals surface area contributed by atoms with Gasteiger partial charge in [0, 0.05) is 11.6 Å². The van der Waals surface area contributed by atoms with Crippen LogP contribution < -0.4 is 15.8 Å². The van der Waals surface area contributed by atoms with Crippen LogP contribution in [0.2, 0.25) is 0 Å². The standard InChI is InChI=1S/C12H18N2O3/c1-8(5-6-13)14-12(16)9-3-4-11(17-2)10(15)7-9/h3-4,7-8,15H,5-6,13H2,1-2H3,(H,14,16). The quantitative estimate of drug-likeness (QED) is 0.710. The van der Waals surface area contributed by atoms with Gasteiger partial charge in [-0.2, -0.15) is 0 Å². The molecular formula is C12H18N2O3. The Kier molecular flexibility index (Phi) is 4.78. The summed E-state index contributed by atoms with van der Waals surface area (Å²) in [4.78, 5) is 11.8. The van der Waals surface area contributed by atoms with Gasteiger partial charge in [-0.1, -0.05) is 0 Å². The summed E-state index contributed by atoms with van der Waals surface area (Å²) in [6.45, 7) is 2.41. The van der Waals surface area contributed by atoms with Gasteiger partial charge in [0.2, 0.25) is 0 Å². The smallest absolute Gasteiger partial charge is 0.251 e. The van der Waals surface area contributed by atoms with E-state index in [4.69, 9.17) is 10.5 Å². The Hall–Kier alpha value is -1.75. The maximum atomic E-state index is 11.8. The van der Waals surface area contributed by atoms with Gasteiger partial charge in [-0.25, -0.2) is 0 Å². The van der Waals surface area contributed by atoms with Gasteiger partial charge in [0.15, 0.2) is 11.5 Å². The predicted octanol–water partition coefficient (Wildman–Crippen LogP) is 0.868. The van der Waals surface area contributed by atoms with Crippen molar-refractivity contribution in [2.24, 2.45) is 5.73 Å². The second-order valence-corrected chi connectivity index (χ2v) is 3.84. The number of hydrogen-bond donors (Lipinski definition) is 3. The van der Waals surface area contributed by atoms with Crippen molar-refractivity contribution in [2.75, 3.05) is 13.7 Å². The summed E-state index contributed by atoms with van der Waals surface area (Å²) in [5, 5.41) is 12.3. The fourth-order valence-electron chi connectivity index (χ4n) is 1.46. The molecule has 0 bridgehead atoms. The Balaban J connectivity index is 2.72. The number of carbonyl (C=O) groups excluding carboxylic acids is 1. The van der Waals surface area contributed by atoms with Crippen LogP contribution in [0.4, 0.5) is 0 Å². The largest absolute Gasteiger partial charge is 0.504 e. The molecule has 0 radical (unpaired) electrons. The van der Waals surface area contributed by atoms with Crippen molar-refractivity contribution in [3.63, 3.8) is 0 Å². The van der Waals surface area contributed by atoms with Crippen molar-refractivity contribution in [3.8, 4) is 11.5 Å². The molecule has 1 aromatic carbocycles. The first-order chi connectivity index (χ1) is 8.08. The minimum absolute atomic E-state index is 0.0109. The Morgan fingerprint density at radius 3 is 2.82 bits per heavy atom. The average molecular weight is 238 g/mol. The molecule has 5 heteroatoms. The Morgan fingerprint density at radius 2 is 2.29 bits per heavy atom. The third kappa shape index (κ3) is 3.64. The summed E-state index contributed by atoms with van der Waals surface area (Å²) in [5.74, 6) is 0.0621. The zero-order valence-electron chi connectivity index (χ0n) is 10.1. The number of hydrogen-bond acceptors (Lipinski definition) is 4. The summed E-state index contributed by atoms with van der Waals surface area (Å²) in [7, 11) is 1.46. The fraction of sp³-hybridized carbons (Fsp3) is 0.417. The zero-order valence-corrected chi connectivity index (χ0v) is 10.1. The Morgan fingerprint density at radius 1 is 1.59 bits per heavy atom. The second-order valence-electron chi connectivity index (χ2n) is 3.84. The SMILES string of the molecule is COc1ccc(C(=O)NC(C)CCN)cc1O. The zero-order chi connectivity index (χ0) is 12.8. The monoisotopic (exact) mass is 238 g/mol. The molecular weight excluding hydrogens is 220 g/mol. The number of ether oxygens (including phenoxy) is 1. The molecule has 1 amide bonds. The second kappa shape index (κ2) is 6.10. The summed E-state index contributed by atoms with van der Waals surface area (Å²) >= 11 is 0. The molecule has 1 unspecified atom stereocenters. The molecule has 94 valence electrons. The van der Waals surface area contributed by atoms with E-state index in [0.717, 1.165) is 0 Å². The van der Waals surface area contributed by atoms with E-state index in [9.17, 15) is 9.90 Å². The van der Waals surface area contributed by atoms with Crippen LogP contribution in [0.1, 0.15) is 23.7 Å². The maximum Gasteiger partial charge on any atom is 0.251 e. The molecule has 0 aromatic heterocycles. The van der Waals surface area contributed by atoms with Crippen LogP contribution in [0.3, 0.4) is 0 Å². The van der Waals surface area contributed by atoms with Crippen LogP contribution in [0.5, 0.6) is 11.5 Å². The minimum atomic E-state index is -0.232. The number of rotatable bonds is 5. The highest BCUT2D eigenvalue weighted by Gasteiger charge is 2.11. The van der Waals surface area contributed by atoms with Crippen molar-refractivity contribution in [2.45, 2.75) is 19.4 Å². The normalized spacial score (nSPS) is 11.9. The van der Waals surface area contributed by atoms with E-state index in [0.29, 0.717) is 24.3 Å². The molecule has 0 fully saturated rings. The molecule has 0 aliphatic rings. The molecule has 0 aliphatic carbocycles. The van der Waals surface area contributed by atoms with Gasteiger partial charge in [-0.15, -0.1) is 0 Å². The van der Waals surface area contributed by atoms with Crippen molar-refractivity contribution < 1.29 is 14.6 Å². The van der Waals surface area contributed by atoms with Crippen LogP contribution in [0.15, 0.2) is 18.2 Å². The summed E-state index contributed by atoms with van der Waals surface area (Å²) in [5.41, 5.74) is 5.79. The first-order valence-corrected chi connectivity index (χ1v) is 5.46. The summed E-state index contributed by atoms with van der Waals surface area (Å²) in [6.07, 6.45) is 0.716. The van der Waals surface area contributed by atoms with Crippen molar-refractivity contribution in [1.82, 2.24) is 5.32 Å². The van der Waals surface area contributed by atoms with E-state index in [-0.39, 0.29) is 17.7 Å². The van der Waals surface area contributed by atoms with E-state index >= 15 is 0 Å². The molecule has 0 saturated carbocycles. The van der Waals surface area contributed by atoms with Crippen molar-refractivity contribution in [3.05, 3.63) is 23.8 Å². The molecule has 0 saturated heterocycles. The van der Waals surface area contributed by atoms with Gasteiger partial charge >= 0.3 is 0 Å². The van der Waals surface area contributed by atoms with E-state index in [1.807, 2.05) is 6.92 Å². The molecule has 1 rings (SSSR count). The minimum Gasteiger partial charge on any atom is -0.504 e. The lowest BCUT2D eigenvalue weighted by Gasteiger charge is -2.13. The summed E-state index contributed by atoms with van der Waals surface area (Å²) < 4.78 is 4.90. The number of benzene rings is 1. The number of carbonyl (C=O) groups is 1. The molecule has 0 aliphatic heterocycles. The van der Waals surface area contributed by atoms with Crippen molar-refractivity contribution in [1.29, 1.82) is 0 Å². The van der Waals surface area contributed by atoms with Crippen LogP contribution >= 0.6 is 0 Å². The van der Waals surface area contributed by atoms with Gasteiger partial charge < -0.3 is 20.9 Å². The Bertz CT molecular complexity index is 393. The lowest BCUT2D eigenvalue weighted by molar-refractivity contribution is 0.0938. The molecule has 1 atom stereocenters. The Labute approximate surface area is 101 Å². The number of nitrogens with one attached hydrogen (secondary N) is 1. The van der Waals surface area contributed by atoms with Gasteiger partial charge in [0.25, 0.3) is 5.91 Å². The predicted molar refractivity (Wildman–Crippen MR) is 65.3 cm³/mol. The average Bonchev–Trinajstić information content (AvgIpc) is 2.29. The summed E-state index contributed by atoms with van der Waals surface area (Å²) in [6, 6.07) is 4.54. The molecule has 17 heavy (non-hydrogen) atoms. The van der Waals surface area contributed by atoms with Gasteiger partial charge in [0.1, 0.15) is 0 Å². The number of aromatic hydroxyl groups is 1. The van der Waals surface area contributed by atoms with E-state index in [1.54, 1.807) is 12.1 Å². The first kappa shape index (κ1) is 13.3. The molecule has 0 heterocycles. The highest BCUT2D eigenvalue weighted by atomic mass is 16.5. The van der Waals surface area contributed by atoms with Crippen molar-refractivity contribution >= 4 is 5.91 Å². The number of methoxy groups -OCH3 is 1. The topological polar surface area (TPSA) is 84.6 Å². The maximum absolute atomic E-state index is 11.8. The number of phenols is 1. The van der Waals surface area contributed by atoms with Crippen LogP contribution in [-0.2, 0) is 0 Å². The molecule has 4 N–H and O–H groups in total. The highest BCUT2D eigenvalue weighted by molar-refractivity contribution is 5.95. The van der Waals surface area contributed by atoms with Gasteiger partial charge in [-0.3, -0.25) is 4.79 Å². The van der Waals surface area contributed by atoms with Gasteiger partial charge in [-0.05, 0) is 38.1 Å². The highest BCUT2D eigenvalue weighted by Crippen LogP contribution is 2.26. The van der Waals surface area contributed by atoms with Crippen LogP contribution in [-0.4, -0.2) is 30.7 Å².